The first kappa shape index (κ1) is 26.5. The molecule has 1 aliphatic heterocycles. The van der Waals surface area contributed by atoms with E-state index >= 15 is 0 Å². The monoisotopic (exact) mass is 572 g/mol. The maximum Gasteiger partial charge on any atom is 0.242 e. The first-order valence-corrected chi connectivity index (χ1v) is 12.1. The maximum absolute atomic E-state index is 12.2. The van der Waals surface area contributed by atoms with Crippen LogP contribution < -0.4 is 15.4 Å². The predicted molar refractivity (Wildman–Crippen MR) is 139 cm³/mol. The van der Waals surface area contributed by atoms with Crippen LogP contribution in [-0.2, 0) is 16.6 Å². The minimum Gasteiger partial charge on any atom is -0.355 e. The van der Waals surface area contributed by atoms with Crippen molar-refractivity contribution in [1.82, 2.24) is 25.2 Å². The van der Waals surface area contributed by atoms with Gasteiger partial charge in [0.2, 0.25) is 10.0 Å². The van der Waals surface area contributed by atoms with Gasteiger partial charge in [-0.15, -0.1) is 24.0 Å². The third-order valence-corrected chi connectivity index (χ3v) is 6.91. The lowest BCUT2D eigenvalue weighted by atomic mass is 10.0. The SMILES string of the molecule is CN=C(NCCNS(=O)(=O)c1cccnc1)NC1CCN(Cc2ccccc2C)CC1.I. The summed E-state index contributed by atoms with van der Waals surface area (Å²) in [5, 5.41) is 6.64. The largest absolute Gasteiger partial charge is 0.355 e. The molecule has 32 heavy (non-hydrogen) atoms. The van der Waals surface area contributed by atoms with E-state index in [2.05, 4.69) is 61.4 Å². The van der Waals surface area contributed by atoms with Gasteiger partial charge in [-0.25, -0.2) is 13.1 Å². The lowest BCUT2D eigenvalue weighted by molar-refractivity contribution is 0.198. The molecule has 8 nitrogen and oxygen atoms in total. The molecular formula is C22H33IN6O2S. The number of rotatable bonds is 8. The van der Waals surface area contributed by atoms with E-state index in [-0.39, 0.29) is 35.4 Å². The molecule has 3 N–H and O–H groups in total. The molecule has 0 spiro atoms. The fourth-order valence-electron chi connectivity index (χ4n) is 3.61. The Morgan fingerprint density at radius 3 is 2.56 bits per heavy atom. The number of likely N-dealkylation sites (tertiary alicyclic amines) is 1. The molecule has 1 saturated heterocycles. The van der Waals surface area contributed by atoms with Crippen molar-refractivity contribution < 1.29 is 8.42 Å². The lowest BCUT2D eigenvalue weighted by Gasteiger charge is -2.33. The number of guanidine groups is 1. The smallest absolute Gasteiger partial charge is 0.242 e. The van der Waals surface area contributed by atoms with Gasteiger partial charge in [-0.1, -0.05) is 24.3 Å². The van der Waals surface area contributed by atoms with Crippen LogP contribution in [0.5, 0.6) is 0 Å². The Hall–Kier alpha value is -1.76. The Kier molecular flexibility index (Phi) is 10.8. The number of aliphatic imine (C=N–C) groups is 1. The molecular weight excluding hydrogens is 539 g/mol. The molecule has 2 heterocycles. The Morgan fingerprint density at radius 1 is 1.16 bits per heavy atom. The van der Waals surface area contributed by atoms with Crippen molar-refractivity contribution in [2.45, 2.75) is 37.2 Å². The van der Waals surface area contributed by atoms with Crippen LogP contribution in [-0.4, -0.2) is 63.5 Å². The molecule has 0 atom stereocenters. The summed E-state index contributed by atoms with van der Waals surface area (Å²) in [5.74, 6) is 0.693. The number of nitrogens with zero attached hydrogens (tertiary/aromatic N) is 3. The number of sulfonamides is 1. The molecule has 0 aliphatic carbocycles. The number of benzene rings is 1. The van der Waals surface area contributed by atoms with Crippen molar-refractivity contribution in [1.29, 1.82) is 0 Å². The van der Waals surface area contributed by atoms with Crippen LogP contribution in [0, 0.1) is 6.92 Å². The van der Waals surface area contributed by atoms with Gasteiger partial charge < -0.3 is 10.6 Å². The van der Waals surface area contributed by atoms with E-state index in [4.69, 9.17) is 0 Å². The number of aryl methyl sites for hydroxylation is 1. The Morgan fingerprint density at radius 2 is 1.91 bits per heavy atom. The van der Waals surface area contributed by atoms with E-state index in [0.717, 1.165) is 32.5 Å². The van der Waals surface area contributed by atoms with Crippen molar-refractivity contribution in [3.8, 4) is 0 Å². The maximum atomic E-state index is 12.2. The van der Waals surface area contributed by atoms with Gasteiger partial charge >= 0.3 is 0 Å². The standard InChI is InChI=1S/C22H32N6O2S.HI/c1-18-6-3-4-7-19(18)17-28-14-9-20(10-15-28)27-22(23-2)25-12-13-26-31(29,30)21-8-5-11-24-16-21;/h3-8,11,16,20,26H,9-10,12-15,17H2,1-2H3,(H2,23,25,27);1H. The van der Waals surface area contributed by atoms with Crippen LogP contribution >= 0.6 is 24.0 Å². The quantitative estimate of drug-likeness (QED) is 0.194. The van der Waals surface area contributed by atoms with Crippen LogP contribution in [0.2, 0.25) is 0 Å². The van der Waals surface area contributed by atoms with Crippen LogP contribution in [0.4, 0.5) is 0 Å². The number of pyridine rings is 1. The van der Waals surface area contributed by atoms with Gasteiger partial charge in [0.1, 0.15) is 4.90 Å². The second-order valence-electron chi connectivity index (χ2n) is 7.71. The summed E-state index contributed by atoms with van der Waals surface area (Å²) in [6.07, 6.45) is 4.96. The van der Waals surface area contributed by atoms with Crippen molar-refractivity contribution in [3.63, 3.8) is 0 Å². The van der Waals surface area contributed by atoms with Crippen LogP contribution in [0.25, 0.3) is 0 Å². The highest BCUT2D eigenvalue weighted by Gasteiger charge is 2.20. The summed E-state index contributed by atoms with van der Waals surface area (Å²) in [6.45, 7) is 5.92. The molecule has 176 valence electrons. The summed E-state index contributed by atoms with van der Waals surface area (Å²) >= 11 is 0. The first-order valence-electron chi connectivity index (χ1n) is 10.6. The van der Waals surface area contributed by atoms with E-state index in [1.54, 1.807) is 19.3 Å². The summed E-state index contributed by atoms with van der Waals surface area (Å²) in [6, 6.07) is 12.0. The topological polar surface area (TPSA) is 98.7 Å². The molecule has 0 unspecified atom stereocenters. The lowest BCUT2D eigenvalue weighted by Crippen LogP contribution is -2.49. The van der Waals surface area contributed by atoms with Gasteiger partial charge in [0, 0.05) is 58.2 Å². The highest BCUT2D eigenvalue weighted by molar-refractivity contribution is 14.0. The number of hydrogen-bond donors (Lipinski definition) is 3. The predicted octanol–water partition coefficient (Wildman–Crippen LogP) is 2.12. The van der Waals surface area contributed by atoms with Gasteiger partial charge in [0.05, 0.1) is 0 Å². The summed E-state index contributed by atoms with van der Waals surface area (Å²) in [7, 11) is -1.82. The third-order valence-electron chi connectivity index (χ3n) is 5.46. The van der Waals surface area contributed by atoms with E-state index in [1.807, 2.05) is 0 Å². The Balaban J connectivity index is 0.00000363. The molecule has 0 amide bonds. The average molecular weight is 573 g/mol. The summed E-state index contributed by atoms with van der Waals surface area (Å²) in [4.78, 5) is 10.8. The zero-order valence-corrected chi connectivity index (χ0v) is 21.8. The minimum absolute atomic E-state index is 0. The molecule has 3 rings (SSSR count). The van der Waals surface area contributed by atoms with Crippen LogP contribution in [0.1, 0.15) is 24.0 Å². The molecule has 10 heteroatoms. The number of hydrogen-bond acceptors (Lipinski definition) is 5. The summed E-state index contributed by atoms with van der Waals surface area (Å²) < 4.78 is 27.0. The molecule has 1 fully saturated rings. The average Bonchev–Trinajstić information content (AvgIpc) is 2.79. The number of halogens is 1. The molecule has 1 aliphatic rings. The van der Waals surface area contributed by atoms with Gasteiger partial charge in [-0.2, -0.15) is 0 Å². The second kappa shape index (κ2) is 13.1. The number of piperidine rings is 1. The van der Waals surface area contributed by atoms with E-state index < -0.39 is 10.0 Å². The first-order chi connectivity index (χ1) is 15.0. The molecule has 1 aromatic carbocycles. The molecule has 0 bridgehead atoms. The third kappa shape index (κ3) is 7.98. The fraction of sp³-hybridized carbons (Fsp3) is 0.455. The van der Waals surface area contributed by atoms with E-state index in [1.165, 1.54) is 23.4 Å². The van der Waals surface area contributed by atoms with Crippen molar-refractivity contribution in [3.05, 3.63) is 59.9 Å². The van der Waals surface area contributed by atoms with Crippen molar-refractivity contribution >= 4 is 40.0 Å². The molecule has 1 aromatic heterocycles. The van der Waals surface area contributed by atoms with Gasteiger partial charge in [-0.3, -0.25) is 14.9 Å². The summed E-state index contributed by atoms with van der Waals surface area (Å²) in [5.41, 5.74) is 2.73. The Bertz CT molecular complexity index is 963. The van der Waals surface area contributed by atoms with Gasteiger partial charge in [0.25, 0.3) is 0 Å². The molecule has 0 radical (unpaired) electrons. The highest BCUT2D eigenvalue weighted by atomic mass is 127. The zero-order valence-electron chi connectivity index (χ0n) is 18.6. The number of nitrogens with one attached hydrogen (secondary N) is 3. The Labute approximate surface area is 208 Å². The number of aromatic nitrogens is 1. The van der Waals surface area contributed by atoms with Crippen LogP contribution in [0.15, 0.2) is 58.7 Å². The van der Waals surface area contributed by atoms with Gasteiger partial charge in [0.15, 0.2) is 5.96 Å². The van der Waals surface area contributed by atoms with Crippen molar-refractivity contribution in [2.75, 3.05) is 33.2 Å². The normalized spacial score (nSPS) is 15.8. The molecule has 0 saturated carbocycles. The fourth-order valence-corrected chi connectivity index (χ4v) is 4.60. The van der Waals surface area contributed by atoms with Crippen molar-refractivity contribution in [2.24, 2.45) is 4.99 Å². The minimum atomic E-state index is -3.55. The second-order valence-corrected chi connectivity index (χ2v) is 9.47. The highest BCUT2D eigenvalue weighted by Crippen LogP contribution is 2.16. The van der Waals surface area contributed by atoms with E-state index in [0.29, 0.717) is 18.5 Å². The van der Waals surface area contributed by atoms with E-state index in [9.17, 15) is 8.42 Å². The molecule has 2 aromatic rings. The van der Waals surface area contributed by atoms with Gasteiger partial charge in [-0.05, 0) is 43.0 Å². The van der Waals surface area contributed by atoms with Crippen LogP contribution in [0.3, 0.4) is 0 Å². The zero-order chi connectivity index (χ0) is 22.1.